The largest absolute Gasteiger partial charge is 0.410 e. The minimum absolute atomic E-state index is 0.0241. The highest BCUT2D eigenvalue weighted by Gasteiger charge is 2.22. The smallest absolute Gasteiger partial charge is 0.358 e. The molecule has 0 aliphatic heterocycles. The van der Waals surface area contributed by atoms with Gasteiger partial charge in [-0.1, -0.05) is 0 Å². The molecule has 0 aromatic carbocycles. The Morgan fingerprint density at radius 3 is 1.87 bits per heavy atom. The number of aromatic nitrogens is 2. The van der Waals surface area contributed by atoms with Crippen molar-refractivity contribution in [1.82, 2.24) is 9.97 Å². The van der Waals surface area contributed by atoms with Gasteiger partial charge in [-0.3, -0.25) is 5.43 Å². The van der Waals surface area contributed by atoms with Crippen LogP contribution in [0.25, 0.3) is 0 Å². The Morgan fingerprint density at radius 1 is 1.00 bits per heavy atom. The molecular weight excluding hydrogens is 206 g/mol. The third kappa shape index (κ3) is 1.98. The molecule has 9 N–H and O–H groups in total. The molecule has 0 saturated carbocycles. The molecule has 0 bridgehead atoms. The summed E-state index contributed by atoms with van der Waals surface area (Å²) in [5, 5.41) is 10.5. The van der Waals surface area contributed by atoms with Crippen molar-refractivity contribution in [3.63, 3.8) is 0 Å². The summed E-state index contributed by atoms with van der Waals surface area (Å²) in [6, 6.07) is 0. The van der Waals surface area contributed by atoms with Gasteiger partial charge < -0.3 is 21.0 Å². The lowest BCUT2D eigenvalue weighted by atomic mass is 10.5. The van der Waals surface area contributed by atoms with Crippen LogP contribution in [0.4, 0.5) is 23.3 Å². The maximum absolute atomic E-state index is 10.5. The summed E-state index contributed by atoms with van der Waals surface area (Å²) in [6.45, 7) is 0. The Balaban J connectivity index is 3.34. The fourth-order valence-electron chi connectivity index (χ4n) is 0.852. The number of nitrogens with one attached hydrogen (secondary N) is 3. The molecule has 1 aromatic rings. The second-order valence-electron chi connectivity index (χ2n) is 2.28. The lowest BCUT2D eigenvalue weighted by Gasteiger charge is -2.05. The molecule has 1 aromatic heterocycles. The van der Waals surface area contributed by atoms with Crippen LogP contribution in [0.1, 0.15) is 0 Å². The van der Waals surface area contributed by atoms with Crippen LogP contribution in [0.15, 0.2) is 0 Å². The van der Waals surface area contributed by atoms with E-state index in [9.17, 15) is 10.1 Å². The van der Waals surface area contributed by atoms with Crippen LogP contribution in [0.2, 0.25) is 0 Å². The monoisotopic (exact) mass is 215 g/mol. The van der Waals surface area contributed by atoms with Gasteiger partial charge in [0.05, 0.1) is 0 Å². The Bertz CT molecular complexity index is 379. The molecule has 0 aliphatic rings. The van der Waals surface area contributed by atoms with Crippen molar-refractivity contribution in [2.75, 3.05) is 16.3 Å². The summed E-state index contributed by atoms with van der Waals surface area (Å²) in [4.78, 5) is 17.0. The minimum atomic E-state index is -0.761. The fourth-order valence-corrected chi connectivity index (χ4v) is 0.852. The van der Waals surface area contributed by atoms with Crippen molar-refractivity contribution in [3.05, 3.63) is 10.1 Å². The van der Waals surface area contributed by atoms with E-state index in [1.165, 1.54) is 0 Å². The zero-order chi connectivity index (χ0) is 11.4. The normalized spacial score (nSPS) is 9.53. The molecule has 0 unspecified atom stereocenters. The van der Waals surface area contributed by atoms with Gasteiger partial charge in [-0.2, -0.15) is 4.98 Å². The predicted octanol–water partition coefficient (Wildman–Crippen LogP) is -1.76. The quantitative estimate of drug-likeness (QED) is 0.191. The minimum Gasteiger partial charge on any atom is -0.358 e. The molecule has 0 spiro atoms. The van der Waals surface area contributed by atoms with E-state index in [1.807, 2.05) is 5.43 Å². The van der Waals surface area contributed by atoms with Gasteiger partial charge in [0.2, 0.25) is 11.6 Å². The molecular formula is C4H9N9O2. The van der Waals surface area contributed by atoms with Gasteiger partial charge in [0, 0.05) is 0 Å². The molecule has 82 valence electrons. The number of nitro groups is 1. The van der Waals surface area contributed by atoms with Crippen LogP contribution in [0.3, 0.4) is 0 Å². The van der Waals surface area contributed by atoms with E-state index >= 15 is 0 Å². The van der Waals surface area contributed by atoms with Crippen LogP contribution in [-0.4, -0.2) is 14.9 Å². The highest BCUT2D eigenvalue weighted by atomic mass is 16.6. The summed E-state index contributed by atoms with van der Waals surface area (Å²) in [6.07, 6.45) is 0. The van der Waals surface area contributed by atoms with E-state index in [0.717, 1.165) is 0 Å². The average molecular weight is 215 g/mol. The number of hydrazine groups is 3. The summed E-state index contributed by atoms with van der Waals surface area (Å²) in [7, 11) is 0. The van der Waals surface area contributed by atoms with Gasteiger partial charge in [-0.15, -0.1) is 0 Å². The first-order valence-corrected chi connectivity index (χ1v) is 3.60. The molecule has 0 radical (unpaired) electrons. The first kappa shape index (κ1) is 10.8. The number of hydrogen-bond acceptors (Lipinski definition) is 10. The van der Waals surface area contributed by atoms with E-state index in [2.05, 4.69) is 20.8 Å². The number of anilines is 3. The lowest BCUT2D eigenvalue weighted by molar-refractivity contribution is -0.388. The summed E-state index contributed by atoms with van der Waals surface area (Å²) in [5.41, 5.74) is 6.28. The number of nitrogen functional groups attached to an aromatic ring is 3. The van der Waals surface area contributed by atoms with Gasteiger partial charge in [0.15, 0.2) is 0 Å². The Morgan fingerprint density at radius 2 is 1.47 bits per heavy atom. The second-order valence-corrected chi connectivity index (χ2v) is 2.28. The third-order valence-electron chi connectivity index (χ3n) is 1.46. The lowest BCUT2D eigenvalue weighted by Crippen LogP contribution is -2.20. The van der Waals surface area contributed by atoms with Gasteiger partial charge in [-0.05, 0) is 9.91 Å². The molecule has 15 heavy (non-hydrogen) atoms. The molecule has 0 aliphatic carbocycles. The highest BCUT2D eigenvalue weighted by molar-refractivity contribution is 5.66. The van der Waals surface area contributed by atoms with Crippen molar-refractivity contribution in [3.8, 4) is 0 Å². The fraction of sp³-hybridized carbons (Fsp3) is 0. The van der Waals surface area contributed by atoms with Crippen molar-refractivity contribution in [2.24, 2.45) is 17.5 Å². The van der Waals surface area contributed by atoms with Crippen molar-refractivity contribution in [2.45, 2.75) is 0 Å². The van der Waals surface area contributed by atoms with Gasteiger partial charge in [0.25, 0.3) is 5.82 Å². The SMILES string of the molecule is NNc1nc(NN)c([N+](=O)[O-])nc1NN. The van der Waals surface area contributed by atoms with Crippen molar-refractivity contribution >= 4 is 23.3 Å². The summed E-state index contributed by atoms with van der Waals surface area (Å²) >= 11 is 0. The first-order valence-electron chi connectivity index (χ1n) is 3.60. The summed E-state index contributed by atoms with van der Waals surface area (Å²) in [5.74, 6) is 14.3. The van der Waals surface area contributed by atoms with Gasteiger partial charge >= 0.3 is 5.82 Å². The Hall–Kier alpha value is -2.24. The molecule has 0 fully saturated rings. The first-order chi connectivity index (χ1) is 7.13. The maximum atomic E-state index is 10.5. The second kappa shape index (κ2) is 4.32. The Kier molecular flexibility index (Phi) is 3.12. The number of nitrogens with two attached hydrogens (primary N) is 3. The van der Waals surface area contributed by atoms with E-state index in [1.54, 1.807) is 0 Å². The Labute approximate surface area is 83.1 Å². The standard InChI is InChI=1S/C4H9N9O2/c5-10-1-2(11-6)9-4(13(14)15)3(8-1)12-7/h5-7H2,(H,9,11)(H2,8,10,12). The van der Waals surface area contributed by atoms with Crippen LogP contribution in [-0.2, 0) is 0 Å². The number of rotatable bonds is 4. The van der Waals surface area contributed by atoms with E-state index in [-0.39, 0.29) is 17.5 Å². The van der Waals surface area contributed by atoms with Crippen molar-refractivity contribution in [1.29, 1.82) is 0 Å². The van der Waals surface area contributed by atoms with E-state index < -0.39 is 10.7 Å². The average Bonchev–Trinajstić information content (AvgIpc) is 2.26. The van der Waals surface area contributed by atoms with Gasteiger partial charge in [0.1, 0.15) is 0 Å². The highest BCUT2D eigenvalue weighted by Crippen LogP contribution is 2.25. The topological polar surface area (TPSA) is 183 Å². The zero-order valence-electron chi connectivity index (χ0n) is 7.39. The number of hydrogen-bond donors (Lipinski definition) is 6. The van der Waals surface area contributed by atoms with Crippen LogP contribution >= 0.6 is 0 Å². The van der Waals surface area contributed by atoms with Gasteiger partial charge in [-0.25, -0.2) is 17.5 Å². The predicted molar refractivity (Wildman–Crippen MR) is 52.1 cm³/mol. The maximum Gasteiger partial charge on any atom is 0.410 e. The third-order valence-corrected chi connectivity index (χ3v) is 1.46. The molecule has 0 amide bonds. The van der Waals surface area contributed by atoms with Crippen molar-refractivity contribution < 1.29 is 4.92 Å². The molecule has 1 heterocycles. The van der Waals surface area contributed by atoms with E-state index in [0.29, 0.717) is 0 Å². The molecule has 1 rings (SSSR count). The van der Waals surface area contributed by atoms with E-state index in [4.69, 9.17) is 17.5 Å². The molecule has 0 saturated heterocycles. The summed E-state index contributed by atoms with van der Waals surface area (Å²) < 4.78 is 0. The molecule has 0 atom stereocenters. The molecule has 11 heteroatoms. The number of nitrogens with zero attached hydrogens (tertiary/aromatic N) is 3. The van der Waals surface area contributed by atoms with Crippen LogP contribution < -0.4 is 33.8 Å². The van der Waals surface area contributed by atoms with Crippen LogP contribution in [0.5, 0.6) is 0 Å². The van der Waals surface area contributed by atoms with Crippen LogP contribution in [0, 0.1) is 10.1 Å². The zero-order valence-corrected chi connectivity index (χ0v) is 7.39. The molecule has 11 nitrogen and oxygen atoms in total.